The van der Waals surface area contributed by atoms with Crippen LogP contribution in [0.5, 0.6) is 0 Å². The van der Waals surface area contributed by atoms with E-state index in [2.05, 4.69) is 30.3 Å². The van der Waals surface area contributed by atoms with E-state index in [1.165, 1.54) is 50.5 Å². The number of hydrogen-bond acceptors (Lipinski definition) is 1. The molecular weight excluding hydrogens is 218 g/mol. The largest absolute Gasteiger partial charge is 0.321 e. The zero-order valence-corrected chi connectivity index (χ0v) is 11.1. The highest BCUT2D eigenvalue weighted by atomic mass is 14.9. The van der Waals surface area contributed by atoms with E-state index in [0.29, 0.717) is 5.41 Å². The number of benzene rings is 1. The fourth-order valence-electron chi connectivity index (χ4n) is 5.71. The van der Waals surface area contributed by atoms with E-state index < -0.39 is 0 Å². The van der Waals surface area contributed by atoms with Crippen LogP contribution in [0.3, 0.4) is 0 Å². The van der Waals surface area contributed by atoms with Crippen molar-refractivity contribution < 1.29 is 0 Å². The molecule has 0 aromatic heterocycles. The summed E-state index contributed by atoms with van der Waals surface area (Å²) in [6.45, 7) is 0. The molecule has 1 nitrogen and oxygen atoms in total. The highest BCUT2D eigenvalue weighted by Gasteiger charge is 2.66. The van der Waals surface area contributed by atoms with Gasteiger partial charge in [-0.1, -0.05) is 43.2 Å². The molecule has 3 saturated carbocycles. The van der Waals surface area contributed by atoms with Crippen molar-refractivity contribution in [1.29, 1.82) is 0 Å². The molecule has 3 atom stereocenters. The Labute approximate surface area is 110 Å². The van der Waals surface area contributed by atoms with Gasteiger partial charge in [0.1, 0.15) is 0 Å². The van der Waals surface area contributed by atoms with Gasteiger partial charge in [0.25, 0.3) is 0 Å². The summed E-state index contributed by atoms with van der Waals surface area (Å²) in [5.41, 5.74) is 8.94. The summed E-state index contributed by atoms with van der Waals surface area (Å²) in [4.78, 5) is 0. The van der Waals surface area contributed by atoms with Crippen molar-refractivity contribution >= 4 is 0 Å². The topological polar surface area (TPSA) is 26.0 Å². The molecule has 0 radical (unpaired) electrons. The minimum atomic E-state index is -0.0202. The molecule has 1 aromatic carbocycles. The smallest absolute Gasteiger partial charge is 0.0497 e. The van der Waals surface area contributed by atoms with Gasteiger partial charge >= 0.3 is 0 Å². The van der Waals surface area contributed by atoms with Gasteiger partial charge in [-0.3, -0.25) is 0 Å². The van der Waals surface area contributed by atoms with E-state index in [9.17, 15) is 0 Å². The predicted molar refractivity (Wildman–Crippen MR) is 74.0 cm³/mol. The fourth-order valence-corrected chi connectivity index (χ4v) is 5.71. The second-order valence-corrected chi connectivity index (χ2v) is 6.81. The van der Waals surface area contributed by atoms with Crippen molar-refractivity contribution in [3.63, 3.8) is 0 Å². The summed E-state index contributed by atoms with van der Waals surface area (Å²) in [5, 5.41) is 0. The maximum Gasteiger partial charge on any atom is 0.0497 e. The van der Waals surface area contributed by atoms with Gasteiger partial charge in [0.05, 0.1) is 0 Å². The molecule has 3 aliphatic rings. The summed E-state index contributed by atoms with van der Waals surface area (Å²) >= 11 is 0. The summed E-state index contributed by atoms with van der Waals surface area (Å²) in [6.07, 6.45) is 9.74. The van der Waals surface area contributed by atoms with Crippen molar-refractivity contribution in [3.8, 4) is 0 Å². The van der Waals surface area contributed by atoms with E-state index in [4.69, 9.17) is 5.73 Å². The molecule has 18 heavy (non-hydrogen) atoms. The Hall–Kier alpha value is -0.820. The molecule has 4 rings (SSSR count). The van der Waals surface area contributed by atoms with Crippen LogP contribution in [-0.2, 0) is 5.54 Å². The molecule has 3 aliphatic carbocycles. The van der Waals surface area contributed by atoms with Gasteiger partial charge in [-0.2, -0.15) is 0 Å². The highest BCUT2D eigenvalue weighted by Crippen LogP contribution is 2.70. The van der Waals surface area contributed by atoms with Crippen LogP contribution < -0.4 is 5.73 Å². The quantitative estimate of drug-likeness (QED) is 0.794. The molecule has 2 N–H and O–H groups in total. The van der Waals surface area contributed by atoms with E-state index in [0.717, 1.165) is 11.8 Å². The average molecular weight is 241 g/mol. The van der Waals surface area contributed by atoms with Crippen molar-refractivity contribution in [1.82, 2.24) is 0 Å². The second-order valence-electron chi connectivity index (χ2n) is 6.81. The number of fused-ring (bicyclic) bond motifs is 3. The molecule has 3 fully saturated rings. The lowest BCUT2D eigenvalue weighted by Gasteiger charge is -2.50. The maximum atomic E-state index is 7.11. The first-order valence-electron chi connectivity index (χ1n) is 7.62. The lowest BCUT2D eigenvalue weighted by atomic mass is 9.58. The molecule has 2 bridgehead atoms. The predicted octanol–water partition coefficient (Wildman–Crippen LogP) is 3.83. The zero-order chi connectivity index (χ0) is 12.2. The lowest BCUT2D eigenvalue weighted by Crippen LogP contribution is -2.55. The normalized spacial score (nSPS) is 40.7. The minimum Gasteiger partial charge on any atom is -0.321 e. The highest BCUT2D eigenvalue weighted by molar-refractivity contribution is 5.34. The number of rotatable bonds is 1. The Morgan fingerprint density at radius 1 is 0.944 bits per heavy atom. The summed E-state index contributed by atoms with van der Waals surface area (Å²) in [7, 11) is 0. The fraction of sp³-hybridized carbons (Fsp3) is 0.647. The van der Waals surface area contributed by atoms with Crippen LogP contribution in [0.15, 0.2) is 30.3 Å². The monoisotopic (exact) mass is 241 g/mol. The third-order valence-corrected chi connectivity index (χ3v) is 6.43. The molecule has 96 valence electrons. The Kier molecular flexibility index (Phi) is 2.21. The van der Waals surface area contributed by atoms with Gasteiger partial charge in [-0.05, 0) is 54.9 Å². The van der Waals surface area contributed by atoms with Gasteiger partial charge in [0, 0.05) is 5.54 Å². The first-order valence-corrected chi connectivity index (χ1v) is 7.62. The van der Waals surface area contributed by atoms with Gasteiger partial charge in [0.2, 0.25) is 0 Å². The van der Waals surface area contributed by atoms with Crippen molar-refractivity contribution in [2.75, 3.05) is 0 Å². The molecular formula is C17H23N. The number of hydrogen-bond donors (Lipinski definition) is 1. The average Bonchev–Trinajstić information content (AvgIpc) is 3.11. The van der Waals surface area contributed by atoms with Crippen LogP contribution in [0.2, 0.25) is 0 Å². The first kappa shape index (κ1) is 11.0. The maximum absolute atomic E-state index is 7.11. The van der Waals surface area contributed by atoms with Crippen LogP contribution in [0.4, 0.5) is 0 Å². The molecule has 1 heteroatoms. The lowest BCUT2D eigenvalue weighted by molar-refractivity contribution is 0.0513. The Morgan fingerprint density at radius 3 is 2.33 bits per heavy atom. The van der Waals surface area contributed by atoms with Crippen molar-refractivity contribution in [3.05, 3.63) is 35.9 Å². The summed E-state index contributed by atoms with van der Waals surface area (Å²) < 4.78 is 0. The van der Waals surface area contributed by atoms with E-state index in [1.807, 2.05) is 0 Å². The molecule has 0 amide bonds. The Bertz CT molecular complexity index is 446. The van der Waals surface area contributed by atoms with Gasteiger partial charge in [0.15, 0.2) is 0 Å². The molecule has 1 aromatic rings. The van der Waals surface area contributed by atoms with Crippen molar-refractivity contribution in [2.45, 2.75) is 50.5 Å². The third-order valence-electron chi connectivity index (χ3n) is 6.43. The second kappa shape index (κ2) is 3.60. The zero-order valence-electron chi connectivity index (χ0n) is 11.1. The van der Waals surface area contributed by atoms with Crippen LogP contribution in [-0.4, -0.2) is 0 Å². The standard InChI is InChI=1S/C17H23N/c18-17(13-6-2-1-3-7-13)15-9-8-14(12-15)16(17)10-4-5-11-16/h1-3,6-7,14-15H,4-5,8-12,18H2/t14-,15+,17-/m0/s1. The van der Waals surface area contributed by atoms with Crippen LogP contribution >= 0.6 is 0 Å². The van der Waals surface area contributed by atoms with Crippen molar-refractivity contribution in [2.24, 2.45) is 23.0 Å². The van der Waals surface area contributed by atoms with E-state index in [-0.39, 0.29) is 5.54 Å². The van der Waals surface area contributed by atoms with Gasteiger partial charge in [-0.25, -0.2) is 0 Å². The molecule has 0 saturated heterocycles. The molecule has 0 unspecified atom stereocenters. The first-order chi connectivity index (χ1) is 8.77. The Balaban J connectivity index is 1.87. The van der Waals surface area contributed by atoms with Gasteiger partial charge in [-0.15, -0.1) is 0 Å². The SMILES string of the molecule is N[C@@]1(c2ccccc2)[C@@H]2CC[C@@H](C2)C12CCCC2. The van der Waals surface area contributed by atoms with Gasteiger partial charge < -0.3 is 5.73 Å². The van der Waals surface area contributed by atoms with E-state index >= 15 is 0 Å². The van der Waals surface area contributed by atoms with Crippen LogP contribution in [0.25, 0.3) is 0 Å². The summed E-state index contributed by atoms with van der Waals surface area (Å²) in [6, 6.07) is 11.0. The Morgan fingerprint density at radius 2 is 1.61 bits per heavy atom. The summed E-state index contributed by atoms with van der Waals surface area (Å²) in [5.74, 6) is 1.65. The molecule has 0 aliphatic heterocycles. The molecule has 1 spiro atoms. The number of nitrogens with two attached hydrogens (primary N) is 1. The van der Waals surface area contributed by atoms with Crippen LogP contribution in [0, 0.1) is 17.3 Å². The minimum absolute atomic E-state index is 0.0202. The van der Waals surface area contributed by atoms with E-state index in [1.54, 1.807) is 0 Å². The van der Waals surface area contributed by atoms with Crippen LogP contribution in [0.1, 0.15) is 50.5 Å². The third kappa shape index (κ3) is 1.12. The molecule has 0 heterocycles.